The van der Waals surface area contributed by atoms with E-state index >= 15 is 0 Å². The van der Waals surface area contributed by atoms with Gasteiger partial charge < -0.3 is 36.6 Å². The smallest absolute Gasteiger partial charge is 0.328 e. The number of hydrogen-bond donors (Lipinski definition) is 7. The van der Waals surface area contributed by atoms with Crippen molar-refractivity contribution < 1.29 is 34.5 Å². The number of carboxylic acid groups (broad SMARTS) is 1. The van der Waals surface area contributed by atoms with Gasteiger partial charge in [-0.3, -0.25) is 14.4 Å². The molecule has 0 saturated carbocycles. The Kier molecular flexibility index (Phi) is 11.1. The quantitative estimate of drug-likeness (QED) is 0.180. The van der Waals surface area contributed by atoms with E-state index in [0.29, 0.717) is 24.3 Å². The van der Waals surface area contributed by atoms with Crippen LogP contribution in [0.15, 0.2) is 24.3 Å². The Morgan fingerprint density at radius 1 is 1.06 bits per heavy atom. The summed E-state index contributed by atoms with van der Waals surface area (Å²) in [5.74, 6) is -2.49. The second-order valence-electron chi connectivity index (χ2n) is 8.01. The standard InChI is InChI=1S/C22H32N4O7S/c1-34-10-8-16(20(30)26-18(12-27)22(32)33)24-21(31)17(11-13-4-6-14(28)7-5-13)25-19(29)15-3-2-9-23-15/h4-7,15-18,23,27-28H,2-3,8-12H2,1H3,(H,24,31)(H,25,29)(H,26,30)(H,32,33). The Morgan fingerprint density at radius 3 is 2.26 bits per heavy atom. The highest BCUT2D eigenvalue weighted by molar-refractivity contribution is 7.98. The van der Waals surface area contributed by atoms with Crippen LogP contribution < -0.4 is 21.3 Å². The molecule has 2 rings (SSSR count). The number of amides is 3. The van der Waals surface area contributed by atoms with Crippen LogP contribution in [0.5, 0.6) is 5.75 Å². The van der Waals surface area contributed by atoms with Crippen molar-refractivity contribution in [1.82, 2.24) is 21.3 Å². The Morgan fingerprint density at radius 2 is 1.71 bits per heavy atom. The molecule has 1 saturated heterocycles. The average Bonchev–Trinajstić information content (AvgIpc) is 3.35. The molecule has 188 valence electrons. The number of aliphatic carboxylic acids is 1. The number of aromatic hydroxyl groups is 1. The molecule has 1 aromatic rings. The van der Waals surface area contributed by atoms with E-state index in [-0.39, 0.29) is 24.5 Å². The van der Waals surface area contributed by atoms with E-state index in [9.17, 15) is 29.4 Å². The van der Waals surface area contributed by atoms with Crippen molar-refractivity contribution in [3.05, 3.63) is 29.8 Å². The largest absolute Gasteiger partial charge is 0.508 e. The van der Waals surface area contributed by atoms with E-state index in [2.05, 4.69) is 21.3 Å². The minimum atomic E-state index is -1.50. The SMILES string of the molecule is CSCCC(NC(=O)C(Cc1ccc(O)cc1)NC(=O)C1CCCN1)C(=O)NC(CO)C(=O)O. The van der Waals surface area contributed by atoms with Crippen molar-refractivity contribution in [3.8, 4) is 5.75 Å². The predicted octanol–water partition coefficient (Wildman–Crippen LogP) is -1.03. The lowest BCUT2D eigenvalue weighted by atomic mass is 10.0. The van der Waals surface area contributed by atoms with Crippen LogP contribution in [-0.2, 0) is 25.6 Å². The minimum Gasteiger partial charge on any atom is -0.508 e. The first kappa shape index (κ1) is 27.4. The van der Waals surface area contributed by atoms with Gasteiger partial charge in [-0.15, -0.1) is 0 Å². The molecule has 0 spiro atoms. The monoisotopic (exact) mass is 496 g/mol. The van der Waals surface area contributed by atoms with E-state index in [1.807, 2.05) is 6.26 Å². The average molecular weight is 497 g/mol. The zero-order valence-electron chi connectivity index (χ0n) is 19.0. The van der Waals surface area contributed by atoms with Gasteiger partial charge >= 0.3 is 5.97 Å². The van der Waals surface area contributed by atoms with Crippen LogP contribution in [0.1, 0.15) is 24.8 Å². The number of carboxylic acids is 1. The molecule has 1 fully saturated rings. The molecule has 4 atom stereocenters. The van der Waals surface area contributed by atoms with E-state index in [1.54, 1.807) is 12.1 Å². The van der Waals surface area contributed by atoms with Crippen molar-refractivity contribution >= 4 is 35.5 Å². The Balaban J connectivity index is 2.17. The fourth-order valence-electron chi connectivity index (χ4n) is 3.49. The number of carbonyl (C=O) groups excluding carboxylic acids is 3. The molecule has 1 aromatic carbocycles. The molecule has 0 aromatic heterocycles. The second-order valence-corrected chi connectivity index (χ2v) is 8.99. The molecule has 7 N–H and O–H groups in total. The topological polar surface area (TPSA) is 177 Å². The molecule has 1 aliphatic heterocycles. The summed E-state index contributed by atoms with van der Waals surface area (Å²) in [6.07, 6.45) is 3.67. The first-order valence-corrected chi connectivity index (χ1v) is 12.4. The number of benzene rings is 1. The third kappa shape index (κ3) is 8.50. The first-order valence-electron chi connectivity index (χ1n) is 11.0. The number of phenolic OH excluding ortho intramolecular Hbond substituents is 1. The Labute approximate surface area is 202 Å². The van der Waals surface area contributed by atoms with Gasteiger partial charge in [0, 0.05) is 6.42 Å². The van der Waals surface area contributed by atoms with Gasteiger partial charge in [0.2, 0.25) is 17.7 Å². The van der Waals surface area contributed by atoms with Crippen LogP contribution in [0.4, 0.5) is 0 Å². The molecule has 0 radical (unpaired) electrons. The van der Waals surface area contributed by atoms with Crippen molar-refractivity contribution in [3.63, 3.8) is 0 Å². The van der Waals surface area contributed by atoms with E-state index in [0.717, 1.165) is 6.42 Å². The number of carbonyl (C=O) groups is 4. The molecule has 34 heavy (non-hydrogen) atoms. The maximum absolute atomic E-state index is 13.2. The number of phenols is 1. The van der Waals surface area contributed by atoms with E-state index < -0.39 is 48.6 Å². The summed E-state index contributed by atoms with van der Waals surface area (Å²) in [7, 11) is 0. The van der Waals surface area contributed by atoms with Gasteiger partial charge in [-0.05, 0) is 55.5 Å². The Hall–Kier alpha value is -2.83. The summed E-state index contributed by atoms with van der Waals surface area (Å²) in [4.78, 5) is 49.7. The number of aliphatic hydroxyl groups is 1. The van der Waals surface area contributed by atoms with Crippen molar-refractivity contribution in [2.75, 3.05) is 25.2 Å². The van der Waals surface area contributed by atoms with Gasteiger partial charge in [0.15, 0.2) is 0 Å². The van der Waals surface area contributed by atoms with Crippen LogP contribution in [-0.4, -0.2) is 88.3 Å². The molecule has 12 heteroatoms. The van der Waals surface area contributed by atoms with Gasteiger partial charge in [0.1, 0.15) is 23.9 Å². The fraction of sp³-hybridized carbons (Fsp3) is 0.545. The molecule has 3 amide bonds. The highest BCUT2D eigenvalue weighted by Crippen LogP contribution is 2.13. The molecular formula is C22H32N4O7S. The van der Waals surface area contributed by atoms with Crippen LogP contribution in [0.3, 0.4) is 0 Å². The van der Waals surface area contributed by atoms with Gasteiger partial charge in [-0.25, -0.2) is 4.79 Å². The normalized spacial score (nSPS) is 17.9. The molecule has 11 nitrogen and oxygen atoms in total. The number of aliphatic hydroxyl groups excluding tert-OH is 1. The van der Waals surface area contributed by atoms with Crippen LogP contribution in [0.2, 0.25) is 0 Å². The highest BCUT2D eigenvalue weighted by Gasteiger charge is 2.31. The highest BCUT2D eigenvalue weighted by atomic mass is 32.2. The van der Waals surface area contributed by atoms with Gasteiger partial charge in [0.25, 0.3) is 0 Å². The van der Waals surface area contributed by atoms with Gasteiger partial charge in [-0.2, -0.15) is 11.8 Å². The third-order valence-corrected chi connectivity index (χ3v) is 6.07. The zero-order valence-corrected chi connectivity index (χ0v) is 19.8. The second kappa shape index (κ2) is 13.8. The molecule has 4 unspecified atom stereocenters. The van der Waals surface area contributed by atoms with Gasteiger partial charge in [0.05, 0.1) is 12.6 Å². The summed E-state index contributed by atoms with van der Waals surface area (Å²) in [6.45, 7) is -0.0857. The van der Waals surface area contributed by atoms with E-state index in [4.69, 9.17) is 5.11 Å². The first-order chi connectivity index (χ1) is 16.2. The van der Waals surface area contributed by atoms with Crippen molar-refractivity contribution in [1.29, 1.82) is 0 Å². The lowest BCUT2D eigenvalue weighted by Crippen LogP contribution is -2.58. The maximum Gasteiger partial charge on any atom is 0.328 e. The van der Waals surface area contributed by atoms with Crippen LogP contribution in [0.25, 0.3) is 0 Å². The third-order valence-electron chi connectivity index (χ3n) is 5.43. The van der Waals surface area contributed by atoms with Crippen LogP contribution >= 0.6 is 11.8 Å². The fourth-order valence-corrected chi connectivity index (χ4v) is 3.96. The Bertz CT molecular complexity index is 846. The van der Waals surface area contributed by atoms with Crippen LogP contribution in [0, 0.1) is 0 Å². The minimum absolute atomic E-state index is 0.0645. The summed E-state index contributed by atoms with van der Waals surface area (Å²) in [5.41, 5.74) is 0.689. The van der Waals surface area contributed by atoms with Gasteiger partial charge in [-0.1, -0.05) is 12.1 Å². The van der Waals surface area contributed by atoms with Crippen molar-refractivity contribution in [2.45, 2.75) is 49.9 Å². The van der Waals surface area contributed by atoms with Crippen molar-refractivity contribution in [2.24, 2.45) is 0 Å². The number of thioether (sulfide) groups is 1. The molecule has 0 bridgehead atoms. The molecule has 1 aliphatic rings. The summed E-state index contributed by atoms with van der Waals surface area (Å²) in [6, 6.07) is 2.24. The number of nitrogens with one attached hydrogen (secondary N) is 4. The lowest BCUT2D eigenvalue weighted by Gasteiger charge is -2.25. The summed E-state index contributed by atoms with van der Waals surface area (Å²) in [5, 5.41) is 38.5. The zero-order chi connectivity index (χ0) is 25.1. The van der Waals surface area contributed by atoms with E-state index in [1.165, 1.54) is 23.9 Å². The molecular weight excluding hydrogens is 464 g/mol. The predicted molar refractivity (Wildman–Crippen MR) is 126 cm³/mol. The summed E-state index contributed by atoms with van der Waals surface area (Å²) < 4.78 is 0. The molecule has 0 aliphatic carbocycles. The molecule has 1 heterocycles. The lowest BCUT2D eigenvalue weighted by molar-refractivity contribution is -0.143. The maximum atomic E-state index is 13.2. The summed E-state index contributed by atoms with van der Waals surface area (Å²) >= 11 is 1.45. The number of rotatable bonds is 13. The number of hydrogen-bond acceptors (Lipinski definition) is 8.